The van der Waals surface area contributed by atoms with E-state index in [2.05, 4.69) is 26.6 Å². The van der Waals surface area contributed by atoms with Gasteiger partial charge in [0.25, 0.3) is 0 Å². The van der Waals surface area contributed by atoms with Crippen molar-refractivity contribution in [1.82, 2.24) is 5.32 Å². The molecule has 0 fully saturated rings. The van der Waals surface area contributed by atoms with Crippen molar-refractivity contribution < 1.29 is 9.18 Å². The summed E-state index contributed by atoms with van der Waals surface area (Å²) in [6.07, 6.45) is 0.313. The van der Waals surface area contributed by atoms with Gasteiger partial charge in [0, 0.05) is 26.1 Å². The largest absolute Gasteiger partial charge is 0.397 e. The summed E-state index contributed by atoms with van der Waals surface area (Å²) in [6, 6.07) is 2.78. The zero-order chi connectivity index (χ0) is 12.1. The molecule has 6 heteroatoms. The average Bonchev–Trinajstić information content (AvgIpc) is 2.25. The third-order valence-corrected chi connectivity index (χ3v) is 2.65. The number of hydrogen-bond acceptors (Lipinski definition) is 3. The Bertz CT molecular complexity index is 398. The minimum Gasteiger partial charge on any atom is -0.397 e. The smallest absolute Gasteiger partial charge is 0.221 e. The van der Waals surface area contributed by atoms with Gasteiger partial charge >= 0.3 is 0 Å². The molecule has 1 aromatic rings. The van der Waals surface area contributed by atoms with Crippen LogP contribution in [0.2, 0.25) is 0 Å². The molecule has 4 N–H and O–H groups in total. The molecular weight excluding hydrogens is 277 g/mol. The Labute approximate surface area is 102 Å². The molecule has 0 aromatic heterocycles. The number of anilines is 2. The molecule has 1 aromatic carbocycles. The van der Waals surface area contributed by atoms with Crippen LogP contribution in [0.1, 0.15) is 6.42 Å². The lowest BCUT2D eigenvalue weighted by Gasteiger charge is -2.09. The van der Waals surface area contributed by atoms with Crippen LogP contribution in [0.3, 0.4) is 0 Å². The molecule has 1 rings (SSSR count). The van der Waals surface area contributed by atoms with Crippen molar-refractivity contribution in [1.29, 1.82) is 0 Å². The van der Waals surface area contributed by atoms with E-state index < -0.39 is 5.82 Å². The molecule has 0 aliphatic carbocycles. The van der Waals surface area contributed by atoms with Gasteiger partial charge in [-0.1, -0.05) is 0 Å². The molecule has 0 saturated carbocycles. The normalized spacial score (nSPS) is 9.94. The van der Waals surface area contributed by atoms with Gasteiger partial charge in [0.2, 0.25) is 5.91 Å². The number of benzene rings is 1. The van der Waals surface area contributed by atoms with E-state index in [4.69, 9.17) is 5.73 Å². The first kappa shape index (κ1) is 12.8. The number of hydrogen-bond donors (Lipinski definition) is 3. The second-order valence-electron chi connectivity index (χ2n) is 3.20. The molecule has 0 aliphatic heterocycles. The second-order valence-corrected chi connectivity index (χ2v) is 4.06. The fourth-order valence-electron chi connectivity index (χ4n) is 1.15. The summed E-state index contributed by atoms with van der Waals surface area (Å²) in [6.45, 7) is 0.408. The van der Waals surface area contributed by atoms with E-state index in [1.165, 1.54) is 12.1 Å². The van der Waals surface area contributed by atoms with Crippen LogP contribution in [0, 0.1) is 5.82 Å². The average molecular weight is 290 g/mol. The van der Waals surface area contributed by atoms with Gasteiger partial charge in [-0.2, -0.15) is 0 Å². The Morgan fingerprint density at radius 3 is 2.88 bits per heavy atom. The molecule has 88 valence electrons. The van der Waals surface area contributed by atoms with E-state index in [0.717, 1.165) is 0 Å². The highest BCUT2D eigenvalue weighted by molar-refractivity contribution is 9.10. The fourth-order valence-corrected chi connectivity index (χ4v) is 1.51. The van der Waals surface area contributed by atoms with Crippen LogP contribution in [0.15, 0.2) is 16.6 Å². The number of nitrogens with two attached hydrogens (primary N) is 1. The highest BCUT2D eigenvalue weighted by Crippen LogP contribution is 2.26. The van der Waals surface area contributed by atoms with Gasteiger partial charge < -0.3 is 16.4 Å². The molecule has 4 nitrogen and oxygen atoms in total. The quantitative estimate of drug-likeness (QED) is 0.740. The molecule has 0 heterocycles. The maximum absolute atomic E-state index is 13.2. The van der Waals surface area contributed by atoms with Crippen molar-refractivity contribution >= 4 is 33.2 Å². The standard InChI is InChI=1S/C10H13BrFN3O/c1-14-10(16)2-3-15-9-5-7(12)6(11)4-8(9)13/h4-5,15H,2-3,13H2,1H3,(H,14,16). The van der Waals surface area contributed by atoms with Gasteiger partial charge in [0.15, 0.2) is 0 Å². The molecular formula is C10H13BrFN3O. The zero-order valence-corrected chi connectivity index (χ0v) is 10.4. The molecule has 0 bridgehead atoms. The van der Waals surface area contributed by atoms with Gasteiger partial charge in [0.05, 0.1) is 15.8 Å². The van der Waals surface area contributed by atoms with E-state index in [-0.39, 0.29) is 5.91 Å². The van der Waals surface area contributed by atoms with Crippen LogP contribution in [0.4, 0.5) is 15.8 Å². The molecule has 1 amide bonds. The predicted molar refractivity (Wildman–Crippen MR) is 65.7 cm³/mol. The number of halogens is 2. The van der Waals surface area contributed by atoms with Crippen molar-refractivity contribution in [2.75, 3.05) is 24.6 Å². The summed E-state index contributed by atoms with van der Waals surface area (Å²) in [4.78, 5) is 10.9. The van der Waals surface area contributed by atoms with E-state index in [9.17, 15) is 9.18 Å². The maximum atomic E-state index is 13.2. The molecule has 16 heavy (non-hydrogen) atoms. The third kappa shape index (κ3) is 3.37. The van der Waals surface area contributed by atoms with E-state index >= 15 is 0 Å². The summed E-state index contributed by atoms with van der Waals surface area (Å²) in [7, 11) is 1.57. The van der Waals surface area contributed by atoms with Gasteiger partial charge in [0.1, 0.15) is 5.82 Å². The van der Waals surface area contributed by atoms with Gasteiger partial charge in [-0.05, 0) is 22.0 Å². The van der Waals surface area contributed by atoms with Crippen molar-refractivity contribution in [3.63, 3.8) is 0 Å². The van der Waals surface area contributed by atoms with Crippen LogP contribution in [-0.4, -0.2) is 19.5 Å². The fraction of sp³-hybridized carbons (Fsp3) is 0.300. The van der Waals surface area contributed by atoms with E-state index in [1.54, 1.807) is 7.05 Å². The minimum atomic E-state index is -0.392. The van der Waals surface area contributed by atoms with Crippen molar-refractivity contribution in [2.45, 2.75) is 6.42 Å². The Morgan fingerprint density at radius 1 is 1.56 bits per heavy atom. The van der Waals surface area contributed by atoms with Crippen LogP contribution >= 0.6 is 15.9 Å². The molecule has 0 atom stereocenters. The topological polar surface area (TPSA) is 67.2 Å². The Morgan fingerprint density at radius 2 is 2.25 bits per heavy atom. The van der Waals surface area contributed by atoms with Gasteiger partial charge in [-0.25, -0.2) is 4.39 Å². The van der Waals surface area contributed by atoms with Gasteiger partial charge in [-0.15, -0.1) is 0 Å². The SMILES string of the molecule is CNC(=O)CCNc1cc(F)c(Br)cc1N. The number of carbonyl (C=O) groups is 1. The number of amides is 1. The molecule has 0 saturated heterocycles. The maximum Gasteiger partial charge on any atom is 0.221 e. The lowest BCUT2D eigenvalue weighted by atomic mass is 10.2. The molecule has 0 spiro atoms. The lowest BCUT2D eigenvalue weighted by molar-refractivity contribution is -0.120. The number of carbonyl (C=O) groups excluding carboxylic acids is 1. The highest BCUT2D eigenvalue weighted by atomic mass is 79.9. The summed E-state index contributed by atoms with van der Waals surface area (Å²) >= 11 is 3.04. The van der Waals surface area contributed by atoms with Crippen LogP contribution in [0.5, 0.6) is 0 Å². The summed E-state index contributed by atoms with van der Waals surface area (Å²) in [5.41, 5.74) is 6.61. The Hall–Kier alpha value is -1.30. The highest BCUT2D eigenvalue weighted by Gasteiger charge is 2.06. The molecule has 0 aliphatic rings. The monoisotopic (exact) mass is 289 g/mol. The van der Waals surface area contributed by atoms with Crippen molar-refractivity contribution in [3.05, 3.63) is 22.4 Å². The first-order chi connectivity index (χ1) is 7.54. The first-order valence-electron chi connectivity index (χ1n) is 4.73. The minimum absolute atomic E-state index is 0.0799. The predicted octanol–water partition coefficient (Wildman–Crippen LogP) is 1.72. The van der Waals surface area contributed by atoms with Crippen LogP contribution < -0.4 is 16.4 Å². The summed E-state index contributed by atoms with van der Waals surface area (Å²) in [5, 5.41) is 5.39. The second kappa shape index (κ2) is 5.69. The summed E-state index contributed by atoms with van der Waals surface area (Å²) in [5.74, 6) is -0.472. The van der Waals surface area contributed by atoms with Gasteiger partial charge in [-0.3, -0.25) is 4.79 Å². The van der Waals surface area contributed by atoms with Crippen LogP contribution in [-0.2, 0) is 4.79 Å². The number of nitrogens with one attached hydrogen (secondary N) is 2. The van der Waals surface area contributed by atoms with E-state index in [1.807, 2.05) is 0 Å². The summed E-state index contributed by atoms with van der Waals surface area (Å²) < 4.78 is 13.5. The number of rotatable bonds is 4. The Balaban J connectivity index is 2.60. The van der Waals surface area contributed by atoms with E-state index in [0.29, 0.717) is 28.8 Å². The Kier molecular flexibility index (Phi) is 4.54. The zero-order valence-electron chi connectivity index (χ0n) is 8.81. The van der Waals surface area contributed by atoms with Crippen LogP contribution in [0.25, 0.3) is 0 Å². The third-order valence-electron chi connectivity index (χ3n) is 2.04. The lowest BCUT2D eigenvalue weighted by Crippen LogP contribution is -2.21. The van der Waals surface area contributed by atoms with Crippen molar-refractivity contribution in [2.24, 2.45) is 0 Å². The first-order valence-corrected chi connectivity index (χ1v) is 5.53. The molecule has 0 radical (unpaired) electrons. The van der Waals surface area contributed by atoms with Crippen molar-refractivity contribution in [3.8, 4) is 0 Å². The molecule has 0 unspecified atom stereocenters. The number of nitrogen functional groups attached to an aromatic ring is 1.